The first-order valence-corrected chi connectivity index (χ1v) is 3.07. The lowest BCUT2D eigenvalue weighted by molar-refractivity contribution is -0.113. The molecule has 1 aliphatic rings. The zero-order valence-electron chi connectivity index (χ0n) is 5.74. The summed E-state index contributed by atoms with van der Waals surface area (Å²) >= 11 is 0. The van der Waals surface area contributed by atoms with Crippen molar-refractivity contribution in [2.45, 2.75) is 0 Å². The highest BCUT2D eigenvalue weighted by Gasteiger charge is 2.23. The molecule has 0 aliphatic carbocycles. The van der Waals surface area contributed by atoms with E-state index >= 15 is 0 Å². The van der Waals surface area contributed by atoms with Crippen molar-refractivity contribution in [1.29, 1.82) is 0 Å². The van der Waals surface area contributed by atoms with E-state index in [0.29, 0.717) is 6.54 Å². The molecule has 1 amide bonds. The van der Waals surface area contributed by atoms with Crippen LogP contribution in [0.1, 0.15) is 0 Å². The summed E-state index contributed by atoms with van der Waals surface area (Å²) in [4.78, 5) is 22.2. The Bertz CT molecular complexity index is 157. The second-order valence-electron chi connectivity index (χ2n) is 2.35. The van der Waals surface area contributed by atoms with Crippen molar-refractivity contribution in [3.8, 4) is 0 Å². The van der Waals surface area contributed by atoms with Gasteiger partial charge in [-0.2, -0.15) is 0 Å². The number of carbonyl (C=O) groups is 2. The second kappa shape index (κ2) is 2.68. The van der Waals surface area contributed by atoms with Gasteiger partial charge in [0, 0.05) is 13.6 Å². The van der Waals surface area contributed by atoms with Crippen LogP contribution in [-0.4, -0.2) is 37.5 Å². The molecule has 4 nitrogen and oxygen atoms in total. The van der Waals surface area contributed by atoms with Crippen LogP contribution in [0, 0.1) is 5.92 Å². The molecule has 1 fully saturated rings. The summed E-state index contributed by atoms with van der Waals surface area (Å²) in [5.74, 6) is -0.150. The largest absolute Gasteiger partial charge is 0.449 e. The van der Waals surface area contributed by atoms with Gasteiger partial charge in [0.25, 0.3) is 0 Å². The third-order valence-electron chi connectivity index (χ3n) is 1.43. The van der Waals surface area contributed by atoms with E-state index in [4.69, 9.17) is 0 Å². The van der Waals surface area contributed by atoms with Crippen LogP contribution >= 0.6 is 0 Å². The Balaban J connectivity index is 2.48. The van der Waals surface area contributed by atoms with Crippen molar-refractivity contribution in [3.63, 3.8) is 0 Å². The minimum atomic E-state index is -0.349. The summed E-state index contributed by atoms with van der Waals surface area (Å²) < 4.78 is 4.65. The zero-order valence-corrected chi connectivity index (χ0v) is 5.74. The molecule has 1 aliphatic heterocycles. The molecular formula is C6H9NO3. The van der Waals surface area contributed by atoms with E-state index < -0.39 is 0 Å². The van der Waals surface area contributed by atoms with Gasteiger partial charge < -0.3 is 14.4 Å². The normalized spacial score (nSPS) is 25.9. The van der Waals surface area contributed by atoms with E-state index in [1.165, 1.54) is 4.90 Å². The van der Waals surface area contributed by atoms with Crippen molar-refractivity contribution < 1.29 is 14.3 Å². The van der Waals surface area contributed by atoms with Crippen LogP contribution in [-0.2, 0) is 9.53 Å². The van der Waals surface area contributed by atoms with Crippen molar-refractivity contribution in [1.82, 2.24) is 4.90 Å². The second-order valence-corrected chi connectivity index (χ2v) is 2.35. The number of hydrogen-bond acceptors (Lipinski definition) is 3. The molecule has 1 saturated heterocycles. The highest BCUT2D eigenvalue weighted by molar-refractivity contribution is 5.70. The minimum Gasteiger partial charge on any atom is -0.449 e. The standard InChI is InChI=1S/C6H9NO3/c1-7-2-5(3-8)4-10-6(7)9/h3,5H,2,4H2,1H3. The summed E-state index contributed by atoms with van der Waals surface area (Å²) in [6, 6.07) is 0. The third kappa shape index (κ3) is 1.26. The molecule has 56 valence electrons. The summed E-state index contributed by atoms with van der Waals surface area (Å²) in [7, 11) is 1.61. The van der Waals surface area contributed by atoms with Gasteiger partial charge >= 0.3 is 6.09 Å². The maximum atomic E-state index is 10.6. The topological polar surface area (TPSA) is 46.6 Å². The van der Waals surface area contributed by atoms with E-state index in [-0.39, 0.29) is 18.6 Å². The van der Waals surface area contributed by atoms with Crippen molar-refractivity contribution in [2.24, 2.45) is 5.92 Å². The number of carbonyl (C=O) groups excluding carboxylic acids is 2. The fourth-order valence-corrected chi connectivity index (χ4v) is 0.850. The van der Waals surface area contributed by atoms with Crippen molar-refractivity contribution in [3.05, 3.63) is 0 Å². The average Bonchev–Trinajstić information content (AvgIpc) is 1.95. The molecular weight excluding hydrogens is 134 g/mol. The Kier molecular flexibility index (Phi) is 1.89. The Hall–Kier alpha value is -1.06. The van der Waals surface area contributed by atoms with Gasteiger partial charge in [0.15, 0.2) is 0 Å². The fourth-order valence-electron chi connectivity index (χ4n) is 0.850. The molecule has 1 atom stereocenters. The number of nitrogens with zero attached hydrogens (tertiary/aromatic N) is 1. The SMILES string of the molecule is CN1CC(C=O)COC1=O. The molecule has 0 aromatic heterocycles. The van der Waals surface area contributed by atoms with E-state index in [2.05, 4.69) is 4.74 Å². The van der Waals surface area contributed by atoms with E-state index in [0.717, 1.165) is 6.29 Å². The minimum absolute atomic E-state index is 0.150. The number of hydrogen-bond donors (Lipinski definition) is 0. The number of amides is 1. The molecule has 0 spiro atoms. The molecule has 1 rings (SSSR count). The molecule has 10 heavy (non-hydrogen) atoms. The Morgan fingerprint density at radius 2 is 2.50 bits per heavy atom. The van der Waals surface area contributed by atoms with Crippen LogP contribution in [0.5, 0.6) is 0 Å². The average molecular weight is 143 g/mol. The van der Waals surface area contributed by atoms with Gasteiger partial charge in [0.05, 0.1) is 5.92 Å². The Morgan fingerprint density at radius 3 is 3.00 bits per heavy atom. The van der Waals surface area contributed by atoms with Crippen LogP contribution in [0.15, 0.2) is 0 Å². The van der Waals surface area contributed by atoms with Crippen molar-refractivity contribution in [2.75, 3.05) is 20.2 Å². The quantitative estimate of drug-likeness (QED) is 0.481. The highest BCUT2D eigenvalue weighted by atomic mass is 16.6. The van der Waals surface area contributed by atoms with Crippen LogP contribution < -0.4 is 0 Å². The maximum absolute atomic E-state index is 10.6. The molecule has 0 aromatic rings. The first kappa shape index (κ1) is 7.05. The Labute approximate surface area is 58.8 Å². The highest BCUT2D eigenvalue weighted by Crippen LogP contribution is 2.05. The molecule has 0 bridgehead atoms. The van der Waals surface area contributed by atoms with Gasteiger partial charge in [-0.3, -0.25) is 0 Å². The Morgan fingerprint density at radius 1 is 1.80 bits per heavy atom. The third-order valence-corrected chi connectivity index (χ3v) is 1.43. The summed E-state index contributed by atoms with van der Waals surface area (Å²) in [6.07, 6.45) is 0.459. The lowest BCUT2D eigenvalue weighted by Crippen LogP contribution is -2.40. The summed E-state index contributed by atoms with van der Waals surface area (Å²) in [5, 5.41) is 0. The van der Waals surface area contributed by atoms with E-state index in [1.54, 1.807) is 7.05 Å². The molecule has 0 radical (unpaired) electrons. The lowest BCUT2D eigenvalue weighted by atomic mass is 10.1. The molecule has 1 heterocycles. The monoisotopic (exact) mass is 143 g/mol. The van der Waals surface area contributed by atoms with Crippen LogP contribution in [0.2, 0.25) is 0 Å². The molecule has 4 heteroatoms. The number of ether oxygens (including phenoxy) is 1. The van der Waals surface area contributed by atoms with E-state index in [9.17, 15) is 9.59 Å². The fraction of sp³-hybridized carbons (Fsp3) is 0.667. The first-order valence-electron chi connectivity index (χ1n) is 3.07. The van der Waals surface area contributed by atoms with Gasteiger partial charge in [0.2, 0.25) is 0 Å². The zero-order chi connectivity index (χ0) is 7.56. The summed E-state index contributed by atoms with van der Waals surface area (Å²) in [5.41, 5.74) is 0. The predicted octanol–water partition coefficient (Wildman–Crippen LogP) is -0.117. The van der Waals surface area contributed by atoms with Gasteiger partial charge in [-0.1, -0.05) is 0 Å². The van der Waals surface area contributed by atoms with Crippen LogP contribution in [0.3, 0.4) is 0 Å². The van der Waals surface area contributed by atoms with Gasteiger partial charge in [0.1, 0.15) is 12.9 Å². The molecule has 1 unspecified atom stereocenters. The predicted molar refractivity (Wildman–Crippen MR) is 33.5 cm³/mol. The van der Waals surface area contributed by atoms with Gasteiger partial charge in [-0.25, -0.2) is 4.79 Å². The van der Waals surface area contributed by atoms with Gasteiger partial charge in [-0.15, -0.1) is 0 Å². The number of aldehydes is 1. The molecule has 0 aromatic carbocycles. The van der Waals surface area contributed by atoms with E-state index in [1.807, 2.05) is 0 Å². The van der Waals surface area contributed by atoms with Crippen LogP contribution in [0.4, 0.5) is 4.79 Å². The van der Waals surface area contributed by atoms with Gasteiger partial charge in [-0.05, 0) is 0 Å². The maximum Gasteiger partial charge on any atom is 0.409 e. The van der Waals surface area contributed by atoms with Crippen LogP contribution in [0.25, 0.3) is 0 Å². The number of rotatable bonds is 1. The molecule has 0 saturated carbocycles. The number of cyclic esters (lactones) is 1. The lowest BCUT2D eigenvalue weighted by Gasteiger charge is -2.25. The van der Waals surface area contributed by atoms with Crippen molar-refractivity contribution >= 4 is 12.4 Å². The molecule has 0 N–H and O–H groups in total. The summed E-state index contributed by atoms with van der Waals surface area (Å²) in [6.45, 7) is 0.703. The smallest absolute Gasteiger partial charge is 0.409 e. The first-order chi connectivity index (χ1) is 4.74.